The summed E-state index contributed by atoms with van der Waals surface area (Å²) in [4.78, 5) is 25.7. The number of carbonyl (C=O) groups is 2. The van der Waals surface area contributed by atoms with Gasteiger partial charge in [0.1, 0.15) is 11.9 Å². The lowest BCUT2D eigenvalue weighted by Gasteiger charge is -2.35. The molecule has 1 aromatic rings. The molecule has 5 nitrogen and oxygen atoms in total. The van der Waals surface area contributed by atoms with Gasteiger partial charge in [-0.15, -0.1) is 0 Å². The Bertz CT molecular complexity index is 533. The summed E-state index contributed by atoms with van der Waals surface area (Å²) in [7, 11) is 1.52. The zero-order valence-electron chi connectivity index (χ0n) is 11.7. The van der Waals surface area contributed by atoms with Gasteiger partial charge in [-0.1, -0.05) is 17.7 Å². The Labute approximate surface area is 127 Å². The molecule has 1 unspecified atom stereocenters. The Balaban J connectivity index is 2.16. The third-order valence-corrected chi connectivity index (χ3v) is 3.86. The van der Waals surface area contributed by atoms with Gasteiger partial charge in [0.25, 0.3) is 0 Å². The highest BCUT2D eigenvalue weighted by Crippen LogP contribution is 2.20. The van der Waals surface area contributed by atoms with Crippen molar-refractivity contribution in [2.75, 3.05) is 26.7 Å². The quantitative estimate of drug-likeness (QED) is 0.857. The van der Waals surface area contributed by atoms with E-state index in [1.807, 2.05) is 0 Å². The topological polar surface area (TPSA) is 61.4 Å². The van der Waals surface area contributed by atoms with E-state index >= 15 is 0 Å². The summed E-state index contributed by atoms with van der Waals surface area (Å²) < 4.78 is 13.8. The highest BCUT2D eigenvalue weighted by molar-refractivity contribution is 6.31. The number of hydrogen-bond acceptors (Lipinski definition) is 3. The van der Waals surface area contributed by atoms with E-state index in [2.05, 4.69) is 10.6 Å². The van der Waals surface area contributed by atoms with Crippen molar-refractivity contribution in [1.82, 2.24) is 15.5 Å². The molecule has 0 bridgehead atoms. The number of hydrogen-bond donors (Lipinski definition) is 2. The SMILES string of the molecule is CNC(=O)C1CNCCN1C(=O)Cc1c(F)cccc1Cl. The van der Waals surface area contributed by atoms with Gasteiger partial charge in [-0.05, 0) is 12.1 Å². The highest BCUT2D eigenvalue weighted by atomic mass is 35.5. The molecule has 2 amide bonds. The summed E-state index contributed by atoms with van der Waals surface area (Å²) in [5.41, 5.74) is 0.165. The zero-order valence-corrected chi connectivity index (χ0v) is 12.4. The molecule has 1 saturated heterocycles. The first kappa shape index (κ1) is 15.7. The highest BCUT2D eigenvalue weighted by Gasteiger charge is 2.31. The lowest BCUT2D eigenvalue weighted by Crippen LogP contribution is -2.59. The van der Waals surface area contributed by atoms with Crippen LogP contribution in [0.4, 0.5) is 4.39 Å². The Hall–Kier alpha value is -1.66. The summed E-state index contributed by atoms with van der Waals surface area (Å²) in [5, 5.41) is 5.82. The van der Waals surface area contributed by atoms with Crippen LogP contribution in [0.2, 0.25) is 5.02 Å². The van der Waals surface area contributed by atoms with Crippen LogP contribution in [-0.4, -0.2) is 49.4 Å². The molecule has 114 valence electrons. The minimum atomic E-state index is -0.582. The van der Waals surface area contributed by atoms with Gasteiger partial charge in [0.15, 0.2) is 0 Å². The average Bonchev–Trinajstić information content (AvgIpc) is 2.50. The number of carbonyl (C=O) groups excluding carboxylic acids is 2. The molecule has 0 saturated carbocycles. The molecule has 1 aliphatic rings. The van der Waals surface area contributed by atoms with Crippen molar-refractivity contribution >= 4 is 23.4 Å². The third-order valence-electron chi connectivity index (χ3n) is 3.50. The van der Waals surface area contributed by atoms with Gasteiger partial charge >= 0.3 is 0 Å². The van der Waals surface area contributed by atoms with Crippen LogP contribution in [-0.2, 0) is 16.0 Å². The maximum absolute atomic E-state index is 13.8. The third kappa shape index (κ3) is 3.51. The Morgan fingerprint density at radius 1 is 1.52 bits per heavy atom. The van der Waals surface area contributed by atoms with Crippen LogP contribution < -0.4 is 10.6 Å². The lowest BCUT2D eigenvalue weighted by molar-refractivity contribution is -0.140. The first-order valence-electron chi connectivity index (χ1n) is 6.69. The van der Waals surface area contributed by atoms with E-state index in [9.17, 15) is 14.0 Å². The maximum Gasteiger partial charge on any atom is 0.243 e. The van der Waals surface area contributed by atoms with Gasteiger partial charge in [0, 0.05) is 37.3 Å². The van der Waals surface area contributed by atoms with Crippen molar-refractivity contribution in [3.8, 4) is 0 Å². The number of piperazine rings is 1. The second kappa shape index (κ2) is 6.87. The molecule has 1 aliphatic heterocycles. The summed E-state index contributed by atoms with van der Waals surface area (Å²) in [6, 6.07) is 3.72. The van der Waals surface area contributed by atoms with E-state index in [1.165, 1.54) is 24.1 Å². The van der Waals surface area contributed by atoms with E-state index in [4.69, 9.17) is 11.6 Å². The smallest absolute Gasteiger partial charge is 0.243 e. The van der Waals surface area contributed by atoms with Crippen LogP contribution in [0.5, 0.6) is 0 Å². The zero-order chi connectivity index (χ0) is 15.4. The molecule has 7 heteroatoms. The van der Waals surface area contributed by atoms with Crippen molar-refractivity contribution in [3.63, 3.8) is 0 Å². The van der Waals surface area contributed by atoms with E-state index in [-0.39, 0.29) is 28.8 Å². The van der Waals surface area contributed by atoms with Crippen LogP contribution >= 0.6 is 11.6 Å². The van der Waals surface area contributed by atoms with Crippen LogP contribution in [0.25, 0.3) is 0 Å². The number of likely N-dealkylation sites (N-methyl/N-ethyl adjacent to an activating group) is 1. The van der Waals surface area contributed by atoms with E-state index in [0.717, 1.165) is 0 Å². The Morgan fingerprint density at radius 3 is 2.95 bits per heavy atom. The minimum absolute atomic E-state index is 0.154. The summed E-state index contributed by atoms with van der Waals surface area (Å²) in [6.07, 6.45) is -0.154. The number of rotatable bonds is 3. The second-order valence-electron chi connectivity index (χ2n) is 4.80. The van der Waals surface area contributed by atoms with Crippen molar-refractivity contribution in [2.45, 2.75) is 12.5 Å². The molecule has 1 fully saturated rings. The number of nitrogens with one attached hydrogen (secondary N) is 2. The predicted octanol–water partition coefficient (Wildman–Crippen LogP) is 0.568. The average molecular weight is 314 g/mol. The summed E-state index contributed by atoms with van der Waals surface area (Å²) in [6.45, 7) is 1.39. The lowest BCUT2D eigenvalue weighted by atomic mass is 10.1. The number of nitrogens with zero attached hydrogens (tertiary/aromatic N) is 1. The molecule has 1 aromatic carbocycles. The monoisotopic (exact) mass is 313 g/mol. The fourth-order valence-corrected chi connectivity index (χ4v) is 2.59. The van der Waals surface area contributed by atoms with Crippen LogP contribution in [0, 0.1) is 5.82 Å². The van der Waals surface area contributed by atoms with Crippen molar-refractivity contribution in [1.29, 1.82) is 0 Å². The molecule has 2 rings (SSSR count). The normalized spacial score (nSPS) is 18.4. The predicted molar refractivity (Wildman–Crippen MR) is 77.6 cm³/mol. The molecule has 0 aromatic heterocycles. The molecule has 1 heterocycles. The van der Waals surface area contributed by atoms with Crippen molar-refractivity contribution in [3.05, 3.63) is 34.6 Å². The molecule has 0 aliphatic carbocycles. The fraction of sp³-hybridized carbons (Fsp3) is 0.429. The molecular weight excluding hydrogens is 297 g/mol. The molecule has 1 atom stereocenters. The van der Waals surface area contributed by atoms with Crippen molar-refractivity contribution in [2.24, 2.45) is 0 Å². The molecular formula is C14H17ClFN3O2. The minimum Gasteiger partial charge on any atom is -0.357 e. The molecule has 0 spiro atoms. The molecule has 0 radical (unpaired) electrons. The van der Waals surface area contributed by atoms with Crippen molar-refractivity contribution < 1.29 is 14.0 Å². The first-order chi connectivity index (χ1) is 10.0. The standard InChI is InChI=1S/C14H17ClFN3O2/c1-17-14(21)12-8-18-5-6-19(12)13(20)7-9-10(15)3-2-4-11(9)16/h2-4,12,18H,5-8H2,1H3,(H,17,21). The van der Waals surface area contributed by atoms with Crippen LogP contribution in [0.3, 0.4) is 0 Å². The summed E-state index contributed by atoms with van der Waals surface area (Å²) >= 11 is 5.94. The maximum atomic E-state index is 13.8. The van der Waals surface area contributed by atoms with E-state index in [1.54, 1.807) is 6.07 Å². The number of halogens is 2. The van der Waals surface area contributed by atoms with Crippen LogP contribution in [0.15, 0.2) is 18.2 Å². The molecule has 2 N–H and O–H groups in total. The largest absolute Gasteiger partial charge is 0.357 e. The molecule has 21 heavy (non-hydrogen) atoms. The fourth-order valence-electron chi connectivity index (χ4n) is 2.36. The Morgan fingerprint density at radius 2 is 2.29 bits per heavy atom. The van der Waals surface area contributed by atoms with Gasteiger partial charge in [-0.25, -0.2) is 4.39 Å². The summed E-state index contributed by atoms with van der Waals surface area (Å²) in [5.74, 6) is -1.06. The van der Waals surface area contributed by atoms with Gasteiger partial charge in [-0.3, -0.25) is 9.59 Å². The second-order valence-corrected chi connectivity index (χ2v) is 5.21. The van der Waals surface area contributed by atoms with Gasteiger partial charge < -0.3 is 15.5 Å². The van der Waals surface area contributed by atoms with Gasteiger partial charge in [0.05, 0.1) is 6.42 Å². The van der Waals surface area contributed by atoms with Gasteiger partial charge in [0.2, 0.25) is 11.8 Å². The van der Waals surface area contributed by atoms with E-state index in [0.29, 0.717) is 19.6 Å². The number of amides is 2. The van der Waals surface area contributed by atoms with E-state index < -0.39 is 11.9 Å². The Kier molecular flexibility index (Phi) is 5.14. The first-order valence-corrected chi connectivity index (χ1v) is 7.07. The number of benzene rings is 1. The van der Waals surface area contributed by atoms with Crippen LogP contribution in [0.1, 0.15) is 5.56 Å². The van der Waals surface area contributed by atoms with Gasteiger partial charge in [-0.2, -0.15) is 0 Å².